The summed E-state index contributed by atoms with van der Waals surface area (Å²) in [6.45, 7) is 24.3. The maximum atomic E-state index is 18.2. The van der Waals surface area contributed by atoms with E-state index in [4.69, 9.17) is 37.9 Å². The molecule has 4 aliphatic carbocycles. The first-order valence-corrected chi connectivity index (χ1v) is 31.2. The van der Waals surface area contributed by atoms with Crippen LogP contribution < -0.4 is 5.32 Å². The summed E-state index contributed by atoms with van der Waals surface area (Å²) >= 11 is 0. The molecule has 0 aromatic rings. The van der Waals surface area contributed by atoms with Gasteiger partial charge in [-0.3, -0.25) is 19.3 Å². The SMILES string of the molecule is CC[C@H]1OC(=O)[C@H](C)[C@@H](O[C@@H]2C[C@](C)(OC)[C@H](O)C(C)O2)[C@H](C)[C@@H](O[C@@H]2O[C@H](C)C[C@@H](N(C)C)[C@H]2O)[C@](C)(O)C[C@@H](C)CN(CCCNC(=O)[C@@]23OC(C)(C)O[C@@H]2CC2C4C[C@H](F)C5=CC(=O)C=C[C@]5(C)[C@@]4(F)[C@@H](O)C[C@@]23C)[C@H](C)[C@@H](O)[C@]1(C)O. The Hall–Kier alpha value is -2.65. The quantitative estimate of drug-likeness (QED) is 0.104. The van der Waals surface area contributed by atoms with Gasteiger partial charge in [-0.15, -0.1) is 0 Å². The van der Waals surface area contributed by atoms with E-state index in [0.29, 0.717) is 6.42 Å². The van der Waals surface area contributed by atoms with Gasteiger partial charge in [0, 0.05) is 67.9 Å². The van der Waals surface area contributed by atoms with E-state index in [1.54, 1.807) is 69.2 Å². The predicted molar refractivity (Wildman–Crippen MR) is 308 cm³/mol. The third kappa shape index (κ3) is 11.9. The van der Waals surface area contributed by atoms with Crippen LogP contribution >= 0.6 is 0 Å². The minimum Gasteiger partial charge on any atom is -0.459 e. The molecule has 4 saturated heterocycles. The van der Waals surface area contributed by atoms with Crippen molar-refractivity contribution < 1.29 is 91.7 Å². The highest BCUT2D eigenvalue weighted by Gasteiger charge is 2.81. The first-order chi connectivity index (χ1) is 39.3. The van der Waals surface area contributed by atoms with Gasteiger partial charge in [0.25, 0.3) is 5.91 Å². The second-order valence-electron chi connectivity index (χ2n) is 28.8. The van der Waals surface area contributed by atoms with Crippen molar-refractivity contribution >= 4 is 17.7 Å². The number of allylic oxidation sites excluding steroid dienone is 4. The van der Waals surface area contributed by atoms with Gasteiger partial charge >= 0.3 is 5.97 Å². The smallest absolute Gasteiger partial charge is 0.311 e. The van der Waals surface area contributed by atoms with Crippen LogP contribution in [0.4, 0.5) is 8.78 Å². The topological polar surface area (TPSA) is 265 Å². The largest absolute Gasteiger partial charge is 0.459 e. The summed E-state index contributed by atoms with van der Waals surface area (Å²) in [7, 11) is 5.19. The molecule has 22 heteroatoms. The van der Waals surface area contributed by atoms with Gasteiger partial charge in [0.1, 0.15) is 36.2 Å². The Kier molecular flexibility index (Phi) is 19.7. The van der Waals surface area contributed by atoms with Crippen LogP contribution in [-0.2, 0) is 52.3 Å². The Morgan fingerprint density at radius 1 is 0.894 bits per heavy atom. The van der Waals surface area contributed by atoms with Crippen LogP contribution in [0.3, 0.4) is 0 Å². The molecule has 486 valence electrons. The van der Waals surface area contributed by atoms with E-state index in [9.17, 15) is 40.2 Å². The van der Waals surface area contributed by atoms with Crippen LogP contribution in [0.5, 0.6) is 0 Å². The molecule has 8 rings (SSSR count). The first kappa shape index (κ1) is 68.3. The highest BCUT2D eigenvalue weighted by molar-refractivity contribution is 6.01. The number of aliphatic hydroxyl groups is 6. The van der Waals surface area contributed by atoms with E-state index < -0.39 is 172 Å². The number of hydrogen-bond acceptors (Lipinski definition) is 19. The van der Waals surface area contributed by atoms with Gasteiger partial charge in [-0.1, -0.05) is 33.8 Å². The monoisotopic (exact) mass is 1210 g/mol. The number of carbonyl (C=O) groups excluding carboxylic acids is 3. The predicted octanol–water partition coefficient (Wildman–Crippen LogP) is 4.60. The zero-order valence-electron chi connectivity index (χ0n) is 53.4. The van der Waals surface area contributed by atoms with E-state index in [2.05, 4.69) is 5.32 Å². The highest BCUT2D eigenvalue weighted by Crippen LogP contribution is 2.72. The second kappa shape index (κ2) is 24.5. The average molecular weight is 1210 g/mol. The number of likely N-dealkylation sites (N-methyl/N-ethyl adjacent to an activating group) is 1. The highest BCUT2D eigenvalue weighted by atomic mass is 19.1. The summed E-state index contributed by atoms with van der Waals surface area (Å²) in [5.41, 5.74) is -11.9. The van der Waals surface area contributed by atoms with Crippen LogP contribution in [-0.4, -0.2) is 225 Å². The molecular formula is C63H103F2N3O17. The van der Waals surface area contributed by atoms with Crippen molar-refractivity contribution in [2.45, 2.75) is 274 Å². The van der Waals surface area contributed by atoms with Crippen molar-refractivity contribution in [3.63, 3.8) is 0 Å². The van der Waals surface area contributed by atoms with Crippen LogP contribution in [0.15, 0.2) is 23.8 Å². The van der Waals surface area contributed by atoms with Crippen molar-refractivity contribution in [2.24, 2.45) is 40.4 Å². The van der Waals surface area contributed by atoms with E-state index >= 15 is 13.6 Å². The Labute approximate surface area is 501 Å². The summed E-state index contributed by atoms with van der Waals surface area (Å²) in [4.78, 5) is 46.3. The number of nitrogens with zero attached hydrogens (tertiary/aromatic N) is 2. The van der Waals surface area contributed by atoms with Gasteiger partial charge < -0.3 is 78.8 Å². The molecule has 0 aromatic heterocycles. The number of ether oxygens (including phenoxy) is 8. The number of esters is 1. The van der Waals surface area contributed by atoms with E-state index in [0.717, 1.165) is 6.08 Å². The fourth-order valence-corrected chi connectivity index (χ4v) is 17.2. The number of rotatable bonds is 12. The third-order valence-electron chi connectivity index (χ3n) is 21.9. The van der Waals surface area contributed by atoms with Gasteiger partial charge in [-0.25, -0.2) is 8.78 Å². The Bertz CT molecular complexity index is 2490. The summed E-state index contributed by atoms with van der Waals surface area (Å²) in [6.07, 6.45) is -10.6. The molecule has 7 N–H and O–H groups in total. The summed E-state index contributed by atoms with van der Waals surface area (Å²) in [6, 6.07) is -1.21. The number of cyclic esters (lactones) is 1. The standard InChI is InChI=1S/C63H103F2N3O17/c1-18-45-61(14,77)50(72)36(6)68(23-19-22-66-55(75)63-46(84-56(8,9)85-63)27-39-40-26-42(64)41-25-38(69)20-21-57(41,10)62(40,65)44(70)29-58(39,63)11)31-32(2)28-59(12,76)52(83-54-48(71)43(67(15)16)24-33(3)79-54)34(4)49(35(5)53(74)81-45)82-47-30-60(13,78-17)51(73)37(7)80-47/h20-21,25,32-37,39-40,42-52,54,70-73,76-77H,18-19,22-24,26-31H2,1-17H3,(H,66,75)/t32-,33-,34+,35-,36-,37?,39?,40?,42+,43-,44+,45-,46-,47-,48-,49+,50-,51-,52-,54+,57+,58+,59-,60+,61-,62+,63+/m1/s1. The molecule has 4 heterocycles. The molecule has 3 saturated carbocycles. The number of halogens is 2. The molecule has 0 radical (unpaired) electrons. The van der Waals surface area contributed by atoms with Crippen molar-refractivity contribution in [3.8, 4) is 0 Å². The number of aliphatic hydroxyl groups excluding tert-OH is 4. The number of alkyl halides is 2. The number of amides is 1. The van der Waals surface area contributed by atoms with Crippen molar-refractivity contribution in [1.29, 1.82) is 0 Å². The van der Waals surface area contributed by atoms with Gasteiger partial charge in [0.15, 0.2) is 35.4 Å². The lowest BCUT2D eigenvalue weighted by Gasteiger charge is -2.63. The number of carbonyl (C=O) groups is 3. The number of hydrogen-bond donors (Lipinski definition) is 7. The Balaban J connectivity index is 1.08. The lowest BCUT2D eigenvalue weighted by Crippen LogP contribution is -2.71. The molecule has 85 heavy (non-hydrogen) atoms. The van der Waals surface area contributed by atoms with Crippen LogP contribution in [0.2, 0.25) is 0 Å². The van der Waals surface area contributed by atoms with Gasteiger partial charge in [-0.2, -0.15) is 0 Å². The molecule has 0 spiro atoms. The lowest BCUT2D eigenvalue weighted by molar-refractivity contribution is -0.318. The van der Waals surface area contributed by atoms with Gasteiger partial charge in [0.05, 0.1) is 53.7 Å². The summed E-state index contributed by atoms with van der Waals surface area (Å²) < 4.78 is 86.1. The van der Waals surface area contributed by atoms with Crippen molar-refractivity contribution in [1.82, 2.24) is 15.1 Å². The zero-order valence-corrected chi connectivity index (χ0v) is 53.4. The second-order valence-corrected chi connectivity index (χ2v) is 28.8. The minimum absolute atomic E-state index is 0.00206. The minimum atomic E-state index is -2.38. The molecule has 3 unspecified atom stereocenters. The molecule has 7 fully saturated rings. The molecule has 8 aliphatic rings. The first-order valence-electron chi connectivity index (χ1n) is 31.2. The van der Waals surface area contributed by atoms with Gasteiger partial charge in [-0.05, 0) is 158 Å². The fraction of sp³-hybridized carbons (Fsp3) is 0.889. The summed E-state index contributed by atoms with van der Waals surface area (Å²) in [5, 5.41) is 76.3. The maximum Gasteiger partial charge on any atom is 0.311 e. The number of ketones is 1. The van der Waals surface area contributed by atoms with Gasteiger partial charge in [0.2, 0.25) is 0 Å². The molecule has 0 bridgehead atoms. The van der Waals surface area contributed by atoms with Crippen molar-refractivity contribution in [3.05, 3.63) is 23.8 Å². The molecule has 4 aliphatic heterocycles. The zero-order chi connectivity index (χ0) is 63.3. The Morgan fingerprint density at radius 3 is 2.20 bits per heavy atom. The van der Waals surface area contributed by atoms with E-state index in [1.807, 2.05) is 37.7 Å². The summed E-state index contributed by atoms with van der Waals surface area (Å²) in [5.74, 6) is -7.22. The fourth-order valence-electron chi connectivity index (χ4n) is 17.2. The molecule has 27 atom stereocenters. The lowest BCUT2D eigenvalue weighted by atomic mass is 9.44. The van der Waals surface area contributed by atoms with Crippen LogP contribution in [0.1, 0.15) is 148 Å². The molecular weight excluding hydrogens is 1110 g/mol. The molecule has 1 amide bonds. The number of fused-ring (bicyclic) bond motifs is 7. The van der Waals surface area contributed by atoms with Crippen LogP contribution in [0.25, 0.3) is 0 Å². The van der Waals surface area contributed by atoms with E-state index in [-0.39, 0.29) is 82.3 Å². The molecule has 0 aromatic carbocycles. The molecule has 20 nitrogen and oxygen atoms in total. The third-order valence-corrected chi connectivity index (χ3v) is 21.9. The maximum absolute atomic E-state index is 18.2. The number of methoxy groups -OCH3 is 1. The van der Waals surface area contributed by atoms with E-state index in [1.165, 1.54) is 33.1 Å². The Morgan fingerprint density at radius 2 is 1.56 bits per heavy atom. The van der Waals surface area contributed by atoms with Crippen LogP contribution in [0, 0.1) is 40.4 Å². The van der Waals surface area contributed by atoms with Crippen molar-refractivity contribution in [2.75, 3.05) is 40.8 Å². The average Bonchev–Trinajstić information content (AvgIpc) is 1.59. The number of nitrogens with one attached hydrogen (secondary N) is 1. The normalized spacial score (nSPS) is 50.7.